The van der Waals surface area contributed by atoms with Gasteiger partial charge in [0.15, 0.2) is 0 Å². The minimum atomic E-state index is 0.423. The molecule has 82 valence electrons. The number of halogens is 1. The molecule has 4 heteroatoms. The van der Waals surface area contributed by atoms with E-state index in [2.05, 4.69) is 15.0 Å². The van der Waals surface area contributed by atoms with Crippen LogP contribution >= 0.6 is 11.6 Å². The van der Waals surface area contributed by atoms with Crippen molar-refractivity contribution < 1.29 is 0 Å². The van der Waals surface area contributed by atoms with Gasteiger partial charge in [-0.2, -0.15) is 0 Å². The molecular formula is C12H12ClN3. The maximum atomic E-state index is 5.77. The fraction of sp³-hybridized carbons (Fsp3) is 0.250. The Morgan fingerprint density at radius 1 is 1.19 bits per heavy atom. The highest BCUT2D eigenvalue weighted by Crippen LogP contribution is 2.08. The largest absolute Gasteiger partial charge is 0.265 e. The molecule has 0 N–H and O–H groups in total. The van der Waals surface area contributed by atoms with Crippen LogP contribution in [0.4, 0.5) is 0 Å². The smallest absolute Gasteiger partial charge is 0.133 e. The van der Waals surface area contributed by atoms with Gasteiger partial charge in [0.05, 0.1) is 11.6 Å². The normalized spacial score (nSPS) is 10.4. The van der Waals surface area contributed by atoms with Crippen molar-refractivity contribution in [3.63, 3.8) is 0 Å². The van der Waals surface area contributed by atoms with Crippen molar-refractivity contribution >= 4 is 11.6 Å². The highest BCUT2D eigenvalue weighted by Gasteiger charge is 2.02. The quantitative estimate of drug-likeness (QED) is 0.765. The van der Waals surface area contributed by atoms with Crippen LogP contribution in [0.1, 0.15) is 22.8 Å². The highest BCUT2D eigenvalue weighted by atomic mass is 35.5. The standard InChI is InChI=1S/C12H12ClN3/c1-9-6-11(8-13)16-12(15-9)7-10-2-4-14-5-3-10/h2-6H,7-8H2,1H3. The minimum Gasteiger partial charge on any atom is -0.265 e. The molecule has 0 unspecified atom stereocenters. The van der Waals surface area contributed by atoms with E-state index in [1.165, 1.54) is 0 Å². The van der Waals surface area contributed by atoms with Crippen molar-refractivity contribution in [1.29, 1.82) is 0 Å². The summed E-state index contributed by atoms with van der Waals surface area (Å²) in [6.45, 7) is 1.95. The molecule has 0 fully saturated rings. The Balaban J connectivity index is 2.24. The van der Waals surface area contributed by atoms with E-state index < -0.39 is 0 Å². The van der Waals surface area contributed by atoms with E-state index in [-0.39, 0.29) is 0 Å². The van der Waals surface area contributed by atoms with Gasteiger partial charge >= 0.3 is 0 Å². The maximum Gasteiger partial charge on any atom is 0.133 e. The van der Waals surface area contributed by atoms with Crippen molar-refractivity contribution in [1.82, 2.24) is 15.0 Å². The summed E-state index contributed by atoms with van der Waals surface area (Å²) in [7, 11) is 0. The Morgan fingerprint density at radius 3 is 2.62 bits per heavy atom. The molecule has 2 heterocycles. The number of hydrogen-bond donors (Lipinski definition) is 0. The lowest BCUT2D eigenvalue weighted by Crippen LogP contribution is -2.01. The van der Waals surface area contributed by atoms with Gasteiger partial charge in [0.1, 0.15) is 5.82 Å². The van der Waals surface area contributed by atoms with E-state index in [0.29, 0.717) is 12.3 Å². The van der Waals surface area contributed by atoms with Crippen LogP contribution < -0.4 is 0 Å². The highest BCUT2D eigenvalue weighted by molar-refractivity contribution is 6.16. The van der Waals surface area contributed by atoms with Crippen molar-refractivity contribution in [2.24, 2.45) is 0 Å². The van der Waals surface area contributed by atoms with Crippen LogP contribution in [0.3, 0.4) is 0 Å². The molecule has 0 aromatic carbocycles. The van der Waals surface area contributed by atoms with Gasteiger partial charge in [0, 0.05) is 24.5 Å². The first-order valence-electron chi connectivity index (χ1n) is 5.06. The third-order valence-electron chi connectivity index (χ3n) is 2.20. The van der Waals surface area contributed by atoms with Gasteiger partial charge in [-0.3, -0.25) is 4.98 Å². The first-order valence-corrected chi connectivity index (χ1v) is 5.59. The van der Waals surface area contributed by atoms with Gasteiger partial charge in [-0.05, 0) is 30.7 Å². The first kappa shape index (κ1) is 11.0. The van der Waals surface area contributed by atoms with Gasteiger partial charge in [0.25, 0.3) is 0 Å². The Hall–Kier alpha value is -1.48. The molecule has 2 aromatic rings. The number of alkyl halides is 1. The molecule has 2 aromatic heterocycles. The molecule has 0 amide bonds. The molecule has 0 saturated carbocycles. The van der Waals surface area contributed by atoms with Crippen LogP contribution in [0.2, 0.25) is 0 Å². The number of nitrogens with zero attached hydrogens (tertiary/aromatic N) is 3. The van der Waals surface area contributed by atoms with Crippen molar-refractivity contribution in [3.8, 4) is 0 Å². The zero-order valence-corrected chi connectivity index (χ0v) is 9.78. The lowest BCUT2D eigenvalue weighted by atomic mass is 10.2. The Morgan fingerprint density at radius 2 is 1.94 bits per heavy atom. The predicted molar refractivity (Wildman–Crippen MR) is 63.4 cm³/mol. The van der Waals surface area contributed by atoms with Crippen LogP contribution in [0.15, 0.2) is 30.6 Å². The SMILES string of the molecule is Cc1cc(CCl)nc(Cc2ccncc2)n1. The molecular weight excluding hydrogens is 222 g/mol. The van der Waals surface area contributed by atoms with Crippen LogP contribution in [0.25, 0.3) is 0 Å². The number of aryl methyl sites for hydroxylation is 1. The van der Waals surface area contributed by atoms with Crippen LogP contribution in [0, 0.1) is 6.92 Å². The second-order valence-corrected chi connectivity index (χ2v) is 3.85. The number of hydrogen-bond acceptors (Lipinski definition) is 3. The third-order valence-corrected chi connectivity index (χ3v) is 2.48. The zero-order chi connectivity index (χ0) is 11.4. The third kappa shape index (κ3) is 2.76. The van der Waals surface area contributed by atoms with Gasteiger partial charge < -0.3 is 0 Å². The van der Waals surface area contributed by atoms with E-state index >= 15 is 0 Å². The predicted octanol–water partition coefficient (Wildman–Crippen LogP) is 2.51. The second kappa shape index (κ2) is 5.03. The molecule has 0 aliphatic carbocycles. The Labute approximate surface area is 99.5 Å². The maximum absolute atomic E-state index is 5.77. The fourth-order valence-corrected chi connectivity index (χ4v) is 1.67. The molecule has 2 rings (SSSR count). The average Bonchev–Trinajstić information content (AvgIpc) is 2.29. The summed E-state index contributed by atoms with van der Waals surface area (Å²) in [5, 5.41) is 0. The van der Waals surface area contributed by atoms with E-state index in [1.807, 2.05) is 25.1 Å². The van der Waals surface area contributed by atoms with Crippen molar-refractivity contribution in [2.45, 2.75) is 19.2 Å². The summed E-state index contributed by atoms with van der Waals surface area (Å²) in [6.07, 6.45) is 4.26. The molecule has 0 saturated heterocycles. The van der Waals surface area contributed by atoms with E-state index in [1.54, 1.807) is 12.4 Å². The molecule has 0 radical (unpaired) electrons. The van der Waals surface area contributed by atoms with Crippen LogP contribution in [0.5, 0.6) is 0 Å². The summed E-state index contributed by atoms with van der Waals surface area (Å²) in [5.74, 6) is 1.23. The summed E-state index contributed by atoms with van der Waals surface area (Å²) in [5.41, 5.74) is 2.98. The number of aromatic nitrogens is 3. The topological polar surface area (TPSA) is 38.7 Å². The zero-order valence-electron chi connectivity index (χ0n) is 9.02. The van der Waals surface area contributed by atoms with Gasteiger partial charge in [-0.1, -0.05) is 0 Å². The molecule has 0 spiro atoms. The second-order valence-electron chi connectivity index (χ2n) is 3.58. The Bertz CT molecular complexity index is 471. The summed E-state index contributed by atoms with van der Waals surface area (Å²) in [4.78, 5) is 12.7. The van der Waals surface area contributed by atoms with Crippen molar-refractivity contribution in [2.75, 3.05) is 0 Å². The molecule has 0 aliphatic heterocycles. The van der Waals surface area contributed by atoms with Crippen molar-refractivity contribution in [3.05, 3.63) is 53.4 Å². The molecule has 0 aliphatic rings. The molecule has 3 nitrogen and oxygen atoms in total. The Kier molecular flexibility index (Phi) is 3.47. The summed E-state index contributed by atoms with van der Waals surface area (Å²) in [6, 6.07) is 5.83. The van der Waals surface area contributed by atoms with E-state index in [4.69, 9.17) is 11.6 Å². The molecule has 0 bridgehead atoms. The average molecular weight is 234 g/mol. The van der Waals surface area contributed by atoms with Crippen LogP contribution in [-0.4, -0.2) is 15.0 Å². The lowest BCUT2D eigenvalue weighted by molar-refractivity contribution is 0.911. The molecule has 0 atom stereocenters. The lowest BCUT2D eigenvalue weighted by Gasteiger charge is -2.03. The minimum absolute atomic E-state index is 0.423. The fourth-order valence-electron chi connectivity index (χ4n) is 1.53. The van der Waals surface area contributed by atoms with E-state index in [0.717, 1.165) is 22.8 Å². The van der Waals surface area contributed by atoms with Gasteiger partial charge in [0.2, 0.25) is 0 Å². The monoisotopic (exact) mass is 233 g/mol. The van der Waals surface area contributed by atoms with Gasteiger partial charge in [-0.15, -0.1) is 11.6 Å². The van der Waals surface area contributed by atoms with Gasteiger partial charge in [-0.25, -0.2) is 9.97 Å². The number of rotatable bonds is 3. The molecule has 16 heavy (non-hydrogen) atoms. The van der Waals surface area contributed by atoms with E-state index in [9.17, 15) is 0 Å². The first-order chi connectivity index (χ1) is 7.78. The number of pyridine rings is 1. The van der Waals surface area contributed by atoms with Crippen LogP contribution in [-0.2, 0) is 12.3 Å². The summed E-state index contributed by atoms with van der Waals surface area (Å²) < 4.78 is 0. The summed E-state index contributed by atoms with van der Waals surface area (Å²) >= 11 is 5.77.